The summed E-state index contributed by atoms with van der Waals surface area (Å²) in [7, 11) is 0. The van der Waals surface area contributed by atoms with Crippen LogP contribution < -0.4 is 10.1 Å². The van der Waals surface area contributed by atoms with Gasteiger partial charge in [0.05, 0.1) is 6.61 Å². The maximum Gasteiger partial charge on any atom is 0.253 e. The van der Waals surface area contributed by atoms with Crippen LogP contribution in [0.5, 0.6) is 5.75 Å². The molecule has 1 heterocycles. The van der Waals surface area contributed by atoms with Crippen molar-refractivity contribution in [3.8, 4) is 5.75 Å². The average molecular weight is 380 g/mol. The number of carbonyl (C=O) groups is 2. The van der Waals surface area contributed by atoms with Crippen molar-refractivity contribution in [1.82, 2.24) is 10.2 Å². The van der Waals surface area contributed by atoms with Gasteiger partial charge in [0.1, 0.15) is 5.75 Å². The molecule has 0 bridgehead atoms. The summed E-state index contributed by atoms with van der Waals surface area (Å²) in [6.07, 6.45) is 1.53. The normalized spacial score (nSPS) is 14.6. The van der Waals surface area contributed by atoms with E-state index in [9.17, 15) is 9.59 Å². The number of rotatable bonds is 5. The van der Waals surface area contributed by atoms with Crippen LogP contribution in [0.3, 0.4) is 0 Å². The first-order valence-electron chi connectivity index (χ1n) is 9.88. The lowest BCUT2D eigenvalue weighted by Crippen LogP contribution is -2.46. The Hall–Kier alpha value is -2.82. The number of aryl methyl sites for hydroxylation is 2. The molecule has 0 radical (unpaired) electrons. The molecule has 1 N–H and O–H groups in total. The molecule has 0 unspecified atom stereocenters. The third kappa shape index (κ3) is 4.71. The van der Waals surface area contributed by atoms with E-state index >= 15 is 0 Å². The number of ether oxygens (including phenoxy) is 1. The van der Waals surface area contributed by atoms with Gasteiger partial charge in [-0.15, -0.1) is 0 Å². The molecule has 1 aliphatic heterocycles. The Labute approximate surface area is 166 Å². The highest BCUT2D eigenvalue weighted by Crippen LogP contribution is 2.18. The molecule has 1 saturated heterocycles. The Morgan fingerprint density at radius 3 is 2.25 bits per heavy atom. The summed E-state index contributed by atoms with van der Waals surface area (Å²) in [5, 5.41) is 3.11. The van der Waals surface area contributed by atoms with Gasteiger partial charge >= 0.3 is 0 Å². The third-order valence-electron chi connectivity index (χ3n) is 5.30. The Morgan fingerprint density at radius 1 is 1.00 bits per heavy atom. The van der Waals surface area contributed by atoms with E-state index in [4.69, 9.17) is 4.74 Å². The molecule has 0 aliphatic carbocycles. The van der Waals surface area contributed by atoms with Crippen LogP contribution in [0.15, 0.2) is 42.5 Å². The predicted molar refractivity (Wildman–Crippen MR) is 110 cm³/mol. The summed E-state index contributed by atoms with van der Waals surface area (Å²) in [6, 6.07) is 13.1. The first-order chi connectivity index (χ1) is 13.5. The number of likely N-dealkylation sites (tertiary alicyclic amines) is 1. The maximum atomic E-state index is 12.7. The zero-order valence-corrected chi connectivity index (χ0v) is 16.8. The molecule has 5 nitrogen and oxygen atoms in total. The van der Waals surface area contributed by atoms with Gasteiger partial charge in [-0.25, -0.2) is 0 Å². The molecule has 2 amide bonds. The Morgan fingerprint density at radius 2 is 1.64 bits per heavy atom. The molecule has 2 aromatic rings. The Bertz CT molecular complexity index is 837. The number of nitrogens with zero attached hydrogens (tertiary/aromatic N) is 1. The molecule has 0 spiro atoms. The summed E-state index contributed by atoms with van der Waals surface area (Å²) in [6.45, 7) is 7.87. The van der Waals surface area contributed by atoms with Crippen LogP contribution in [0.25, 0.3) is 0 Å². The van der Waals surface area contributed by atoms with Crippen LogP contribution in [0.4, 0.5) is 0 Å². The van der Waals surface area contributed by atoms with Crippen molar-refractivity contribution < 1.29 is 14.3 Å². The second-order valence-corrected chi connectivity index (χ2v) is 7.30. The van der Waals surface area contributed by atoms with E-state index in [-0.39, 0.29) is 17.9 Å². The maximum absolute atomic E-state index is 12.7. The minimum absolute atomic E-state index is 0.0296. The number of nitrogens with one attached hydrogen (secondary N) is 1. The van der Waals surface area contributed by atoms with Gasteiger partial charge in [0.25, 0.3) is 11.8 Å². The second-order valence-electron chi connectivity index (χ2n) is 7.30. The van der Waals surface area contributed by atoms with E-state index in [1.807, 2.05) is 56.0 Å². The van der Waals surface area contributed by atoms with E-state index < -0.39 is 0 Å². The zero-order chi connectivity index (χ0) is 20.1. The van der Waals surface area contributed by atoms with Gasteiger partial charge in [-0.3, -0.25) is 9.59 Å². The predicted octanol–water partition coefficient (Wildman–Crippen LogP) is 3.74. The van der Waals surface area contributed by atoms with Gasteiger partial charge in [-0.1, -0.05) is 6.07 Å². The lowest BCUT2D eigenvalue weighted by atomic mass is 10.0. The fourth-order valence-corrected chi connectivity index (χ4v) is 3.42. The van der Waals surface area contributed by atoms with Gasteiger partial charge in [0.2, 0.25) is 0 Å². The van der Waals surface area contributed by atoms with E-state index in [0.717, 1.165) is 24.2 Å². The standard InChI is InChI=1S/C23H28N2O3/c1-4-28-21-9-7-18(8-10-21)23(27)25-13-11-20(12-14-25)24-22(26)19-6-5-16(2)17(3)15-19/h5-10,15,20H,4,11-14H2,1-3H3,(H,24,26). The Balaban J connectivity index is 1.52. The Kier molecular flexibility index (Phi) is 6.34. The van der Waals surface area contributed by atoms with E-state index in [0.29, 0.717) is 30.8 Å². The first kappa shape index (κ1) is 19.9. The summed E-state index contributed by atoms with van der Waals surface area (Å²) in [4.78, 5) is 27.0. The van der Waals surface area contributed by atoms with Gasteiger partial charge in [0, 0.05) is 30.3 Å². The number of hydrogen-bond donors (Lipinski definition) is 1. The minimum Gasteiger partial charge on any atom is -0.494 e. The van der Waals surface area contributed by atoms with Crippen molar-refractivity contribution in [3.05, 3.63) is 64.7 Å². The monoisotopic (exact) mass is 380 g/mol. The first-order valence-corrected chi connectivity index (χ1v) is 9.88. The molecule has 3 rings (SSSR count). The van der Waals surface area contributed by atoms with Gasteiger partial charge < -0.3 is 15.0 Å². The van der Waals surface area contributed by atoms with Crippen LogP contribution in [-0.4, -0.2) is 42.5 Å². The summed E-state index contributed by atoms with van der Waals surface area (Å²) in [5.41, 5.74) is 3.65. The SMILES string of the molecule is CCOc1ccc(C(=O)N2CCC(NC(=O)c3ccc(C)c(C)c3)CC2)cc1. The smallest absolute Gasteiger partial charge is 0.253 e. The zero-order valence-electron chi connectivity index (χ0n) is 16.8. The minimum atomic E-state index is -0.0422. The molecule has 1 fully saturated rings. The fraction of sp³-hybridized carbons (Fsp3) is 0.391. The topological polar surface area (TPSA) is 58.6 Å². The van der Waals surface area contributed by atoms with Crippen molar-refractivity contribution >= 4 is 11.8 Å². The lowest BCUT2D eigenvalue weighted by molar-refractivity contribution is 0.0698. The third-order valence-corrected chi connectivity index (χ3v) is 5.30. The van der Waals surface area contributed by atoms with Crippen LogP contribution in [0.2, 0.25) is 0 Å². The summed E-state index contributed by atoms with van der Waals surface area (Å²) in [5.74, 6) is 0.758. The van der Waals surface area contributed by atoms with E-state index in [2.05, 4.69) is 5.32 Å². The highest BCUT2D eigenvalue weighted by atomic mass is 16.5. The van der Waals surface area contributed by atoms with E-state index in [1.165, 1.54) is 5.56 Å². The largest absolute Gasteiger partial charge is 0.494 e. The van der Waals surface area contributed by atoms with Crippen LogP contribution in [0, 0.1) is 13.8 Å². The van der Waals surface area contributed by atoms with Crippen molar-refractivity contribution in [1.29, 1.82) is 0 Å². The van der Waals surface area contributed by atoms with Gasteiger partial charge in [0.15, 0.2) is 0 Å². The number of benzene rings is 2. The molecular weight excluding hydrogens is 352 g/mol. The van der Waals surface area contributed by atoms with Gasteiger partial charge in [-0.05, 0) is 81.1 Å². The second kappa shape index (κ2) is 8.91. The van der Waals surface area contributed by atoms with Gasteiger partial charge in [-0.2, -0.15) is 0 Å². The molecule has 0 atom stereocenters. The molecule has 0 saturated carbocycles. The van der Waals surface area contributed by atoms with Crippen LogP contribution >= 0.6 is 0 Å². The average Bonchev–Trinajstić information content (AvgIpc) is 2.71. The molecule has 0 aromatic heterocycles. The summed E-state index contributed by atoms with van der Waals surface area (Å²) < 4.78 is 5.42. The van der Waals surface area contributed by atoms with E-state index in [1.54, 1.807) is 12.1 Å². The number of carbonyl (C=O) groups excluding carboxylic acids is 2. The van der Waals surface area contributed by atoms with Crippen molar-refractivity contribution in [3.63, 3.8) is 0 Å². The molecule has 2 aromatic carbocycles. The van der Waals surface area contributed by atoms with Crippen molar-refractivity contribution in [2.75, 3.05) is 19.7 Å². The fourth-order valence-electron chi connectivity index (χ4n) is 3.42. The number of amides is 2. The lowest BCUT2D eigenvalue weighted by Gasteiger charge is -2.32. The summed E-state index contributed by atoms with van der Waals surface area (Å²) >= 11 is 0. The molecule has 148 valence electrons. The quantitative estimate of drug-likeness (QED) is 0.860. The molecule has 1 aliphatic rings. The van der Waals surface area contributed by atoms with Crippen LogP contribution in [-0.2, 0) is 0 Å². The van der Waals surface area contributed by atoms with Crippen LogP contribution in [0.1, 0.15) is 51.6 Å². The van der Waals surface area contributed by atoms with Crippen molar-refractivity contribution in [2.24, 2.45) is 0 Å². The highest BCUT2D eigenvalue weighted by Gasteiger charge is 2.25. The number of hydrogen-bond acceptors (Lipinski definition) is 3. The molecule has 28 heavy (non-hydrogen) atoms. The molecular formula is C23H28N2O3. The van der Waals surface area contributed by atoms with Crippen molar-refractivity contribution in [2.45, 2.75) is 39.7 Å². The molecule has 5 heteroatoms. The highest BCUT2D eigenvalue weighted by molar-refractivity contribution is 5.95. The number of piperidine rings is 1.